The van der Waals surface area contributed by atoms with Crippen LogP contribution in [-0.2, 0) is 16.0 Å². The van der Waals surface area contributed by atoms with Crippen LogP contribution >= 0.6 is 23.2 Å². The summed E-state index contributed by atoms with van der Waals surface area (Å²) in [5.74, 6) is -0.476. The van der Waals surface area contributed by atoms with Crippen LogP contribution in [-0.4, -0.2) is 17.7 Å². The standard InChI is InChI=1S/C10H10Cl2O3/c1-2-15-8(14)5-6-3-4-7(13)10(12)9(6)11/h3-4,13H,2,5H2,1H3. The molecule has 0 radical (unpaired) electrons. The fourth-order valence-electron chi connectivity index (χ4n) is 1.08. The number of esters is 1. The highest BCUT2D eigenvalue weighted by Gasteiger charge is 2.12. The van der Waals surface area contributed by atoms with Crippen LogP contribution in [0.15, 0.2) is 12.1 Å². The summed E-state index contributed by atoms with van der Waals surface area (Å²) >= 11 is 11.6. The smallest absolute Gasteiger partial charge is 0.310 e. The van der Waals surface area contributed by atoms with Crippen molar-refractivity contribution in [3.63, 3.8) is 0 Å². The number of hydrogen-bond acceptors (Lipinski definition) is 3. The van der Waals surface area contributed by atoms with E-state index in [2.05, 4.69) is 0 Å². The molecule has 1 rings (SSSR count). The molecule has 1 N–H and O–H groups in total. The van der Waals surface area contributed by atoms with Gasteiger partial charge in [0.2, 0.25) is 0 Å². The van der Waals surface area contributed by atoms with Gasteiger partial charge in [-0.25, -0.2) is 0 Å². The van der Waals surface area contributed by atoms with E-state index in [1.165, 1.54) is 6.07 Å². The van der Waals surface area contributed by atoms with Crippen molar-refractivity contribution in [3.05, 3.63) is 27.7 Å². The molecule has 0 aliphatic carbocycles. The van der Waals surface area contributed by atoms with Gasteiger partial charge in [-0.2, -0.15) is 0 Å². The number of halogens is 2. The topological polar surface area (TPSA) is 46.5 Å². The van der Waals surface area contributed by atoms with E-state index < -0.39 is 0 Å². The third-order valence-corrected chi connectivity index (χ3v) is 2.69. The summed E-state index contributed by atoms with van der Waals surface area (Å²) in [5.41, 5.74) is 0.540. The second-order valence-corrected chi connectivity index (χ2v) is 3.61. The number of rotatable bonds is 3. The molecule has 3 nitrogen and oxygen atoms in total. The minimum atomic E-state index is -0.374. The highest BCUT2D eigenvalue weighted by Crippen LogP contribution is 2.33. The van der Waals surface area contributed by atoms with Crippen LogP contribution in [0.5, 0.6) is 5.75 Å². The van der Waals surface area contributed by atoms with Crippen molar-refractivity contribution in [2.24, 2.45) is 0 Å². The van der Waals surface area contributed by atoms with Crippen LogP contribution in [0.1, 0.15) is 12.5 Å². The fraction of sp³-hybridized carbons (Fsp3) is 0.300. The maximum atomic E-state index is 11.2. The largest absolute Gasteiger partial charge is 0.506 e. The molecule has 1 aromatic carbocycles. The second kappa shape index (κ2) is 5.24. The van der Waals surface area contributed by atoms with Gasteiger partial charge in [0.25, 0.3) is 0 Å². The minimum absolute atomic E-state index is 0.0483. The second-order valence-electron chi connectivity index (χ2n) is 2.85. The monoisotopic (exact) mass is 248 g/mol. The molecule has 1 aromatic rings. The molecule has 0 saturated heterocycles. The Morgan fingerprint density at radius 3 is 2.67 bits per heavy atom. The van der Waals surface area contributed by atoms with Crippen molar-refractivity contribution in [3.8, 4) is 5.75 Å². The molecule has 5 heteroatoms. The van der Waals surface area contributed by atoms with E-state index in [1.807, 2.05) is 0 Å². The van der Waals surface area contributed by atoms with Crippen LogP contribution in [0.25, 0.3) is 0 Å². The predicted molar refractivity (Wildman–Crippen MR) is 58.5 cm³/mol. The lowest BCUT2D eigenvalue weighted by molar-refractivity contribution is -0.142. The molecule has 0 fully saturated rings. The van der Waals surface area contributed by atoms with Gasteiger partial charge in [-0.3, -0.25) is 4.79 Å². The van der Waals surface area contributed by atoms with Crippen LogP contribution in [0.4, 0.5) is 0 Å². The number of carbonyl (C=O) groups excluding carboxylic acids is 1. The van der Waals surface area contributed by atoms with Gasteiger partial charge in [-0.1, -0.05) is 29.3 Å². The Bertz CT molecular complexity index is 377. The number of ether oxygens (including phenoxy) is 1. The molecule has 0 aliphatic rings. The number of hydrogen-bond donors (Lipinski definition) is 1. The first kappa shape index (κ1) is 12.1. The summed E-state index contributed by atoms with van der Waals surface area (Å²) in [7, 11) is 0. The molecule has 0 aromatic heterocycles. The van der Waals surface area contributed by atoms with Gasteiger partial charge in [0.1, 0.15) is 10.8 Å². The fourth-order valence-corrected chi connectivity index (χ4v) is 1.49. The number of phenols is 1. The Hall–Kier alpha value is -0.930. The molecule has 0 saturated carbocycles. The molecule has 0 atom stereocenters. The summed E-state index contributed by atoms with van der Waals surface area (Å²) in [5, 5.41) is 9.47. The Labute approximate surface area is 97.6 Å². The lowest BCUT2D eigenvalue weighted by atomic mass is 10.1. The number of phenolic OH excluding ortho intramolecular Hbond substituents is 1. The van der Waals surface area contributed by atoms with Crippen molar-refractivity contribution in [2.75, 3.05) is 6.61 Å². The summed E-state index contributed by atoms with van der Waals surface area (Å²) in [6, 6.07) is 2.93. The van der Waals surface area contributed by atoms with Crippen molar-refractivity contribution in [1.82, 2.24) is 0 Å². The number of carbonyl (C=O) groups is 1. The van der Waals surface area contributed by atoms with E-state index in [0.717, 1.165) is 0 Å². The maximum absolute atomic E-state index is 11.2. The maximum Gasteiger partial charge on any atom is 0.310 e. The molecule has 0 spiro atoms. The first-order valence-electron chi connectivity index (χ1n) is 4.37. The average molecular weight is 249 g/mol. The van der Waals surface area contributed by atoms with Gasteiger partial charge in [-0.15, -0.1) is 0 Å². The first-order chi connectivity index (χ1) is 7.06. The van der Waals surface area contributed by atoms with Gasteiger partial charge in [0.15, 0.2) is 0 Å². The van der Waals surface area contributed by atoms with Crippen LogP contribution in [0.2, 0.25) is 10.0 Å². The zero-order valence-electron chi connectivity index (χ0n) is 8.09. The third kappa shape index (κ3) is 3.01. The minimum Gasteiger partial charge on any atom is -0.506 e. The predicted octanol–water partition coefficient (Wildman–Crippen LogP) is 2.80. The van der Waals surface area contributed by atoms with E-state index in [-0.39, 0.29) is 28.2 Å². The molecule has 0 unspecified atom stereocenters. The highest BCUT2D eigenvalue weighted by molar-refractivity contribution is 6.43. The summed E-state index contributed by atoms with van der Waals surface area (Å²) in [6.45, 7) is 2.05. The van der Waals surface area contributed by atoms with E-state index in [1.54, 1.807) is 13.0 Å². The molecule has 82 valence electrons. The van der Waals surface area contributed by atoms with Gasteiger partial charge in [-0.05, 0) is 18.6 Å². The van der Waals surface area contributed by atoms with Crippen molar-refractivity contribution < 1.29 is 14.6 Å². The zero-order valence-corrected chi connectivity index (χ0v) is 9.60. The molecule has 0 heterocycles. The van der Waals surface area contributed by atoms with Gasteiger partial charge in [0.05, 0.1) is 18.1 Å². The third-order valence-electron chi connectivity index (χ3n) is 1.78. The molecule has 15 heavy (non-hydrogen) atoms. The van der Waals surface area contributed by atoms with E-state index in [4.69, 9.17) is 27.9 Å². The van der Waals surface area contributed by atoms with Crippen molar-refractivity contribution in [1.29, 1.82) is 0 Å². The van der Waals surface area contributed by atoms with Crippen molar-refractivity contribution in [2.45, 2.75) is 13.3 Å². The molecular formula is C10H10Cl2O3. The van der Waals surface area contributed by atoms with E-state index in [0.29, 0.717) is 12.2 Å². The quantitative estimate of drug-likeness (QED) is 0.838. The molecule has 0 bridgehead atoms. The zero-order chi connectivity index (χ0) is 11.4. The van der Waals surface area contributed by atoms with Crippen molar-refractivity contribution >= 4 is 29.2 Å². The summed E-state index contributed by atoms with van der Waals surface area (Å²) in [6.07, 6.45) is 0.0483. The van der Waals surface area contributed by atoms with Gasteiger partial charge >= 0.3 is 5.97 Å². The molecular weight excluding hydrogens is 239 g/mol. The van der Waals surface area contributed by atoms with E-state index in [9.17, 15) is 9.90 Å². The lowest BCUT2D eigenvalue weighted by Crippen LogP contribution is -2.07. The molecule has 0 amide bonds. The Balaban J connectivity index is 2.87. The number of benzene rings is 1. The van der Waals surface area contributed by atoms with Crippen LogP contribution in [0.3, 0.4) is 0 Å². The Kier molecular flexibility index (Phi) is 4.24. The Morgan fingerprint density at radius 1 is 1.40 bits per heavy atom. The summed E-state index contributed by atoms with van der Waals surface area (Å²) < 4.78 is 4.77. The number of aromatic hydroxyl groups is 1. The SMILES string of the molecule is CCOC(=O)Cc1ccc(O)c(Cl)c1Cl. The summed E-state index contributed by atoms with van der Waals surface area (Å²) in [4.78, 5) is 11.2. The first-order valence-corrected chi connectivity index (χ1v) is 5.13. The lowest BCUT2D eigenvalue weighted by Gasteiger charge is -2.06. The van der Waals surface area contributed by atoms with Gasteiger partial charge in [0, 0.05) is 0 Å². The van der Waals surface area contributed by atoms with Crippen LogP contribution in [0, 0.1) is 0 Å². The van der Waals surface area contributed by atoms with Gasteiger partial charge < -0.3 is 9.84 Å². The van der Waals surface area contributed by atoms with E-state index >= 15 is 0 Å². The molecule has 0 aliphatic heterocycles. The van der Waals surface area contributed by atoms with Crippen LogP contribution < -0.4 is 0 Å². The highest BCUT2D eigenvalue weighted by atomic mass is 35.5. The average Bonchev–Trinajstić information content (AvgIpc) is 2.20. The Morgan fingerprint density at radius 2 is 2.07 bits per heavy atom. The normalized spacial score (nSPS) is 10.1.